The van der Waals surface area contributed by atoms with Gasteiger partial charge in [0.05, 0.1) is 6.04 Å². The Morgan fingerprint density at radius 2 is 1.74 bits per heavy atom. The molecule has 1 atom stereocenters. The van der Waals surface area contributed by atoms with Crippen molar-refractivity contribution in [2.24, 2.45) is 5.73 Å². The van der Waals surface area contributed by atoms with Crippen LogP contribution in [0.5, 0.6) is 0 Å². The Kier molecular flexibility index (Phi) is 4.12. The van der Waals surface area contributed by atoms with Crippen LogP contribution in [0.15, 0.2) is 48.5 Å². The summed E-state index contributed by atoms with van der Waals surface area (Å²) in [6, 6.07) is 13.4. The summed E-state index contributed by atoms with van der Waals surface area (Å²) in [4.78, 5) is 1.95. The molecule has 100 valence electrons. The van der Waals surface area contributed by atoms with E-state index in [1.54, 1.807) is 6.07 Å². The van der Waals surface area contributed by atoms with Crippen LogP contribution in [0.1, 0.15) is 11.6 Å². The molecule has 2 N–H and O–H groups in total. The van der Waals surface area contributed by atoms with Crippen molar-refractivity contribution >= 4 is 5.69 Å². The average Bonchev–Trinajstić information content (AvgIpc) is 2.44. The second-order valence-corrected chi connectivity index (χ2v) is 4.37. The second kappa shape index (κ2) is 5.80. The molecular weight excluding hydrogens is 246 g/mol. The summed E-state index contributed by atoms with van der Waals surface area (Å²) in [5.74, 6) is -1.70. The molecule has 0 saturated carbocycles. The summed E-state index contributed by atoms with van der Waals surface area (Å²) in [6.45, 7) is 0.316. The average molecular weight is 262 g/mol. The highest BCUT2D eigenvalue weighted by atomic mass is 19.2. The van der Waals surface area contributed by atoms with Crippen molar-refractivity contribution in [3.05, 3.63) is 65.7 Å². The quantitative estimate of drug-likeness (QED) is 0.917. The first-order chi connectivity index (χ1) is 9.13. The molecule has 4 heteroatoms. The van der Waals surface area contributed by atoms with Crippen LogP contribution in [0.4, 0.5) is 14.5 Å². The van der Waals surface area contributed by atoms with Gasteiger partial charge in [-0.05, 0) is 29.8 Å². The number of anilines is 1. The molecular formula is C15H16F2N2. The lowest BCUT2D eigenvalue weighted by atomic mass is 10.0. The lowest BCUT2D eigenvalue weighted by molar-refractivity contribution is 0.504. The molecule has 2 aromatic carbocycles. The Morgan fingerprint density at radius 3 is 2.32 bits per heavy atom. The number of likely N-dealkylation sites (N-methyl/N-ethyl adjacent to an activating group) is 1. The maximum atomic E-state index is 13.3. The van der Waals surface area contributed by atoms with E-state index in [4.69, 9.17) is 5.73 Å². The van der Waals surface area contributed by atoms with Gasteiger partial charge in [-0.15, -0.1) is 0 Å². The molecule has 0 aliphatic carbocycles. The van der Waals surface area contributed by atoms with Gasteiger partial charge in [0.2, 0.25) is 0 Å². The third kappa shape index (κ3) is 2.90. The molecule has 19 heavy (non-hydrogen) atoms. The topological polar surface area (TPSA) is 29.3 Å². The fourth-order valence-corrected chi connectivity index (χ4v) is 2.08. The first kappa shape index (κ1) is 13.5. The van der Waals surface area contributed by atoms with Gasteiger partial charge >= 0.3 is 0 Å². The number of benzene rings is 2. The van der Waals surface area contributed by atoms with Gasteiger partial charge in [0.1, 0.15) is 0 Å². The standard InChI is InChI=1S/C15H16F2N2/c1-19(12-5-3-2-4-6-12)15(10-18)11-7-8-13(16)14(17)9-11/h2-9,15H,10,18H2,1H3. The van der Waals surface area contributed by atoms with Crippen LogP contribution in [0.25, 0.3) is 0 Å². The number of hydrogen-bond acceptors (Lipinski definition) is 2. The minimum Gasteiger partial charge on any atom is -0.366 e. The molecule has 0 heterocycles. The molecule has 2 aromatic rings. The van der Waals surface area contributed by atoms with E-state index < -0.39 is 11.6 Å². The largest absolute Gasteiger partial charge is 0.366 e. The predicted octanol–water partition coefficient (Wildman–Crippen LogP) is 3.10. The Bertz CT molecular complexity index is 543. The van der Waals surface area contributed by atoms with Crippen LogP contribution in [0, 0.1) is 11.6 Å². The van der Waals surface area contributed by atoms with Crippen molar-refractivity contribution in [2.45, 2.75) is 6.04 Å². The van der Waals surface area contributed by atoms with Crippen LogP contribution in [0.2, 0.25) is 0 Å². The number of nitrogens with zero attached hydrogens (tertiary/aromatic N) is 1. The Balaban J connectivity index is 2.31. The van der Waals surface area contributed by atoms with Crippen LogP contribution >= 0.6 is 0 Å². The summed E-state index contributed by atoms with van der Waals surface area (Å²) in [5, 5.41) is 0. The fourth-order valence-electron chi connectivity index (χ4n) is 2.08. The zero-order valence-corrected chi connectivity index (χ0v) is 10.7. The maximum Gasteiger partial charge on any atom is 0.159 e. The van der Waals surface area contributed by atoms with E-state index >= 15 is 0 Å². The zero-order valence-electron chi connectivity index (χ0n) is 10.7. The summed E-state index contributed by atoms with van der Waals surface area (Å²) in [6.07, 6.45) is 0. The molecule has 0 amide bonds. The first-order valence-electron chi connectivity index (χ1n) is 6.06. The summed E-state index contributed by atoms with van der Waals surface area (Å²) >= 11 is 0. The van der Waals surface area contributed by atoms with E-state index in [0.29, 0.717) is 12.1 Å². The van der Waals surface area contributed by atoms with Crippen molar-refractivity contribution in [3.8, 4) is 0 Å². The minimum absolute atomic E-state index is 0.197. The molecule has 0 saturated heterocycles. The Labute approximate surface area is 111 Å². The van der Waals surface area contributed by atoms with Crippen molar-refractivity contribution in [1.29, 1.82) is 0 Å². The van der Waals surface area contributed by atoms with Gasteiger partial charge in [0.25, 0.3) is 0 Å². The molecule has 0 aliphatic rings. The second-order valence-electron chi connectivity index (χ2n) is 4.37. The molecule has 0 bridgehead atoms. The molecule has 0 fully saturated rings. The number of halogens is 2. The Hall–Kier alpha value is -1.94. The third-order valence-corrected chi connectivity index (χ3v) is 3.18. The smallest absolute Gasteiger partial charge is 0.159 e. The Morgan fingerprint density at radius 1 is 1.05 bits per heavy atom. The van der Waals surface area contributed by atoms with Crippen molar-refractivity contribution in [1.82, 2.24) is 0 Å². The van der Waals surface area contributed by atoms with Crippen molar-refractivity contribution < 1.29 is 8.78 Å². The minimum atomic E-state index is -0.850. The zero-order chi connectivity index (χ0) is 13.8. The van der Waals surface area contributed by atoms with Crippen LogP contribution in [-0.2, 0) is 0 Å². The van der Waals surface area contributed by atoms with Crippen molar-refractivity contribution in [2.75, 3.05) is 18.5 Å². The normalized spacial score (nSPS) is 12.2. The number of nitrogens with two attached hydrogens (primary N) is 1. The SMILES string of the molecule is CN(c1ccccc1)C(CN)c1ccc(F)c(F)c1. The van der Waals surface area contributed by atoms with Crippen LogP contribution in [-0.4, -0.2) is 13.6 Å². The molecule has 0 radical (unpaired) electrons. The van der Waals surface area contributed by atoms with Gasteiger partial charge in [-0.1, -0.05) is 24.3 Å². The van der Waals surface area contributed by atoms with Gasteiger partial charge in [0.15, 0.2) is 11.6 Å². The number of hydrogen-bond donors (Lipinski definition) is 1. The van der Waals surface area contributed by atoms with Crippen molar-refractivity contribution in [3.63, 3.8) is 0 Å². The fraction of sp³-hybridized carbons (Fsp3) is 0.200. The molecule has 2 rings (SSSR count). The highest BCUT2D eigenvalue weighted by molar-refractivity contribution is 5.48. The van der Waals surface area contributed by atoms with Gasteiger partial charge < -0.3 is 10.6 Å². The molecule has 1 unspecified atom stereocenters. The predicted molar refractivity (Wildman–Crippen MR) is 73.0 cm³/mol. The number of para-hydroxylation sites is 1. The van der Waals surface area contributed by atoms with Crippen LogP contribution in [0.3, 0.4) is 0 Å². The van der Waals surface area contributed by atoms with Crippen LogP contribution < -0.4 is 10.6 Å². The van der Waals surface area contributed by atoms with E-state index in [1.807, 2.05) is 42.3 Å². The number of rotatable bonds is 4. The summed E-state index contributed by atoms with van der Waals surface area (Å²) in [7, 11) is 1.88. The lowest BCUT2D eigenvalue weighted by Gasteiger charge is -2.29. The van der Waals surface area contributed by atoms with Gasteiger partial charge in [-0.25, -0.2) is 8.78 Å². The van der Waals surface area contributed by atoms with E-state index in [-0.39, 0.29) is 6.04 Å². The molecule has 0 aromatic heterocycles. The first-order valence-corrected chi connectivity index (χ1v) is 6.06. The molecule has 0 aliphatic heterocycles. The van der Waals surface area contributed by atoms with Gasteiger partial charge in [-0.3, -0.25) is 0 Å². The summed E-state index contributed by atoms with van der Waals surface area (Å²) in [5.41, 5.74) is 7.41. The monoisotopic (exact) mass is 262 g/mol. The van der Waals surface area contributed by atoms with E-state index in [0.717, 1.165) is 11.8 Å². The van der Waals surface area contributed by atoms with E-state index in [9.17, 15) is 8.78 Å². The van der Waals surface area contributed by atoms with E-state index in [2.05, 4.69) is 0 Å². The lowest BCUT2D eigenvalue weighted by Crippen LogP contribution is -2.30. The highest BCUT2D eigenvalue weighted by Gasteiger charge is 2.17. The van der Waals surface area contributed by atoms with E-state index in [1.165, 1.54) is 6.07 Å². The van der Waals surface area contributed by atoms with Gasteiger partial charge in [0, 0.05) is 19.3 Å². The van der Waals surface area contributed by atoms with Gasteiger partial charge in [-0.2, -0.15) is 0 Å². The maximum absolute atomic E-state index is 13.3. The molecule has 0 spiro atoms. The molecule has 2 nitrogen and oxygen atoms in total. The summed E-state index contributed by atoms with van der Waals surface area (Å²) < 4.78 is 26.3. The third-order valence-electron chi connectivity index (χ3n) is 3.18. The highest BCUT2D eigenvalue weighted by Crippen LogP contribution is 2.25.